The molecule has 2 aromatic carbocycles. The van der Waals surface area contributed by atoms with Gasteiger partial charge >= 0.3 is 0 Å². The molecule has 0 amide bonds. The number of aromatic amines is 1. The molecular weight excluding hydrogens is 324 g/mol. The number of rotatable bonds is 5. The molecule has 2 heterocycles. The number of aromatic nitrogens is 4. The van der Waals surface area contributed by atoms with Crippen molar-refractivity contribution in [2.45, 2.75) is 18.8 Å². The summed E-state index contributed by atoms with van der Waals surface area (Å²) in [6.45, 7) is 0. The maximum absolute atomic E-state index is 4.67. The number of hydrogen-bond donors (Lipinski definition) is 3. The first-order chi connectivity index (χ1) is 12.8. The fraction of sp³-hybridized carbons (Fsp3) is 0.150. The van der Waals surface area contributed by atoms with E-state index >= 15 is 0 Å². The van der Waals surface area contributed by atoms with E-state index in [1.165, 1.54) is 18.5 Å². The Morgan fingerprint density at radius 3 is 2.54 bits per heavy atom. The fourth-order valence-corrected chi connectivity index (χ4v) is 3.00. The quantitative estimate of drug-likeness (QED) is 0.489. The minimum atomic E-state index is 0.551. The molecule has 0 bridgehead atoms. The van der Waals surface area contributed by atoms with E-state index in [1.807, 2.05) is 54.6 Å². The van der Waals surface area contributed by atoms with E-state index in [-0.39, 0.29) is 0 Å². The predicted molar refractivity (Wildman–Crippen MR) is 103 cm³/mol. The second-order valence-electron chi connectivity index (χ2n) is 6.51. The summed E-state index contributed by atoms with van der Waals surface area (Å²) in [5.41, 5.74) is 3.01. The van der Waals surface area contributed by atoms with Crippen molar-refractivity contribution < 1.29 is 0 Å². The summed E-state index contributed by atoms with van der Waals surface area (Å²) in [5.74, 6) is 2.70. The van der Waals surface area contributed by atoms with Crippen LogP contribution in [0.1, 0.15) is 24.5 Å². The number of para-hydroxylation sites is 2. The van der Waals surface area contributed by atoms with E-state index in [0.717, 1.165) is 28.2 Å². The number of nitrogens with one attached hydrogen (secondary N) is 3. The third-order valence-electron chi connectivity index (χ3n) is 4.49. The van der Waals surface area contributed by atoms with Crippen LogP contribution in [-0.2, 0) is 0 Å². The van der Waals surface area contributed by atoms with Crippen LogP contribution in [0.4, 0.5) is 23.3 Å². The maximum atomic E-state index is 4.67. The molecule has 3 N–H and O–H groups in total. The summed E-state index contributed by atoms with van der Waals surface area (Å²) in [6.07, 6.45) is 2.48. The number of nitrogens with zero attached hydrogens (tertiary/aromatic N) is 3. The number of hydrogen-bond acceptors (Lipinski definition) is 5. The van der Waals surface area contributed by atoms with Gasteiger partial charge in [0.2, 0.25) is 5.95 Å². The van der Waals surface area contributed by atoms with Crippen LogP contribution in [0.25, 0.3) is 10.9 Å². The highest BCUT2D eigenvalue weighted by molar-refractivity contribution is 5.91. The van der Waals surface area contributed by atoms with Gasteiger partial charge in [-0.3, -0.25) is 5.10 Å². The minimum absolute atomic E-state index is 0.551. The average Bonchev–Trinajstić information content (AvgIpc) is 3.42. The second kappa shape index (κ2) is 6.15. The lowest BCUT2D eigenvalue weighted by Gasteiger charge is -2.10. The summed E-state index contributed by atoms with van der Waals surface area (Å²) in [6, 6.07) is 19.9. The molecule has 6 nitrogen and oxygen atoms in total. The van der Waals surface area contributed by atoms with E-state index in [9.17, 15) is 0 Å². The van der Waals surface area contributed by atoms with Gasteiger partial charge in [0.15, 0.2) is 5.82 Å². The fourth-order valence-electron chi connectivity index (χ4n) is 3.00. The highest BCUT2D eigenvalue weighted by atomic mass is 15.2. The summed E-state index contributed by atoms with van der Waals surface area (Å²) in [4.78, 5) is 9.30. The molecule has 0 spiro atoms. The molecule has 0 atom stereocenters. The van der Waals surface area contributed by atoms with E-state index < -0.39 is 0 Å². The first-order valence-corrected chi connectivity index (χ1v) is 8.76. The lowest BCUT2D eigenvalue weighted by Crippen LogP contribution is -2.02. The first-order valence-electron chi connectivity index (χ1n) is 8.76. The SMILES string of the molecule is c1ccc(Nc2nc(Nc3cc(C4CC4)[nH]n3)c3ccccc3n2)cc1. The zero-order chi connectivity index (χ0) is 17.3. The van der Waals surface area contributed by atoms with Crippen molar-refractivity contribution in [2.75, 3.05) is 10.6 Å². The van der Waals surface area contributed by atoms with Crippen LogP contribution in [0.15, 0.2) is 60.7 Å². The standard InChI is InChI=1S/C20H18N6/c1-2-6-14(7-3-1)21-20-22-16-9-5-4-8-15(16)19(24-20)23-18-12-17(25-26-18)13-10-11-13/h1-9,12-13H,10-11H2,(H3,21,22,23,24,25,26). The van der Waals surface area contributed by atoms with Gasteiger partial charge in [0.25, 0.3) is 0 Å². The van der Waals surface area contributed by atoms with Crippen molar-refractivity contribution in [3.8, 4) is 0 Å². The summed E-state index contributed by atoms with van der Waals surface area (Å²) < 4.78 is 0. The highest BCUT2D eigenvalue weighted by Gasteiger charge is 2.25. The average molecular weight is 342 g/mol. The van der Waals surface area contributed by atoms with Crippen molar-refractivity contribution >= 4 is 34.2 Å². The smallest absolute Gasteiger partial charge is 0.229 e. The molecule has 2 aromatic heterocycles. The minimum Gasteiger partial charge on any atom is -0.324 e. The topological polar surface area (TPSA) is 78.5 Å². The first kappa shape index (κ1) is 14.9. The Morgan fingerprint density at radius 2 is 1.69 bits per heavy atom. The zero-order valence-corrected chi connectivity index (χ0v) is 14.1. The Labute approximate surface area is 150 Å². The molecule has 0 saturated heterocycles. The Bertz CT molecular complexity index is 1050. The molecule has 6 heteroatoms. The number of H-pyrrole nitrogens is 1. The molecule has 1 saturated carbocycles. The maximum Gasteiger partial charge on any atom is 0.229 e. The largest absolute Gasteiger partial charge is 0.324 e. The zero-order valence-electron chi connectivity index (χ0n) is 14.1. The van der Waals surface area contributed by atoms with Gasteiger partial charge in [-0.2, -0.15) is 10.1 Å². The molecule has 4 aromatic rings. The van der Waals surface area contributed by atoms with Crippen LogP contribution in [0.3, 0.4) is 0 Å². The summed E-state index contributed by atoms with van der Waals surface area (Å²) in [7, 11) is 0. The molecule has 5 rings (SSSR count). The normalized spacial score (nSPS) is 13.7. The molecule has 1 aliphatic rings. The second-order valence-corrected chi connectivity index (χ2v) is 6.51. The molecule has 26 heavy (non-hydrogen) atoms. The van der Waals surface area contributed by atoms with Gasteiger partial charge < -0.3 is 10.6 Å². The van der Waals surface area contributed by atoms with E-state index in [1.54, 1.807) is 0 Å². The molecule has 0 radical (unpaired) electrons. The third-order valence-corrected chi connectivity index (χ3v) is 4.49. The van der Waals surface area contributed by atoms with Gasteiger partial charge in [-0.25, -0.2) is 4.98 Å². The Balaban J connectivity index is 1.51. The lowest BCUT2D eigenvalue weighted by molar-refractivity contribution is 0.966. The molecule has 0 unspecified atom stereocenters. The monoisotopic (exact) mass is 342 g/mol. The van der Waals surface area contributed by atoms with Crippen LogP contribution in [0, 0.1) is 0 Å². The van der Waals surface area contributed by atoms with Crippen molar-refractivity contribution in [3.63, 3.8) is 0 Å². The van der Waals surface area contributed by atoms with Crippen molar-refractivity contribution in [1.29, 1.82) is 0 Å². The Morgan fingerprint density at radius 1 is 0.885 bits per heavy atom. The Hall–Kier alpha value is -3.41. The van der Waals surface area contributed by atoms with Gasteiger partial charge in [-0.1, -0.05) is 30.3 Å². The van der Waals surface area contributed by atoms with Gasteiger partial charge in [-0.15, -0.1) is 0 Å². The van der Waals surface area contributed by atoms with Crippen LogP contribution in [0.5, 0.6) is 0 Å². The third kappa shape index (κ3) is 2.97. The number of benzene rings is 2. The molecular formula is C20H18N6. The highest BCUT2D eigenvalue weighted by Crippen LogP contribution is 2.39. The molecule has 1 fully saturated rings. The van der Waals surface area contributed by atoms with Crippen LogP contribution >= 0.6 is 0 Å². The summed E-state index contributed by atoms with van der Waals surface area (Å²) in [5, 5.41) is 15.1. The van der Waals surface area contributed by atoms with Crippen molar-refractivity contribution in [2.24, 2.45) is 0 Å². The van der Waals surface area contributed by atoms with Gasteiger partial charge in [0, 0.05) is 28.8 Å². The number of fused-ring (bicyclic) bond motifs is 1. The van der Waals surface area contributed by atoms with E-state index in [2.05, 4.69) is 36.9 Å². The van der Waals surface area contributed by atoms with Crippen molar-refractivity contribution in [1.82, 2.24) is 20.2 Å². The van der Waals surface area contributed by atoms with Crippen LogP contribution in [-0.4, -0.2) is 20.2 Å². The Kier molecular flexibility index (Phi) is 3.52. The molecule has 0 aliphatic heterocycles. The van der Waals surface area contributed by atoms with Crippen molar-refractivity contribution in [3.05, 3.63) is 66.4 Å². The summed E-state index contributed by atoms with van der Waals surface area (Å²) >= 11 is 0. The van der Waals surface area contributed by atoms with Crippen LogP contribution < -0.4 is 10.6 Å². The van der Waals surface area contributed by atoms with Crippen LogP contribution in [0.2, 0.25) is 0 Å². The van der Waals surface area contributed by atoms with Gasteiger partial charge in [-0.05, 0) is 37.1 Å². The van der Waals surface area contributed by atoms with E-state index in [4.69, 9.17) is 0 Å². The predicted octanol–water partition coefficient (Wildman–Crippen LogP) is 4.72. The molecule has 1 aliphatic carbocycles. The van der Waals surface area contributed by atoms with E-state index in [0.29, 0.717) is 11.9 Å². The number of anilines is 4. The lowest BCUT2D eigenvalue weighted by atomic mass is 10.2. The van der Waals surface area contributed by atoms with Gasteiger partial charge in [0.05, 0.1) is 5.52 Å². The molecule has 128 valence electrons. The van der Waals surface area contributed by atoms with Gasteiger partial charge in [0.1, 0.15) is 5.82 Å².